The lowest BCUT2D eigenvalue weighted by atomic mass is 10.2. The van der Waals surface area contributed by atoms with E-state index in [4.69, 9.17) is 0 Å². The second kappa shape index (κ2) is 8.27. The first-order valence-corrected chi connectivity index (χ1v) is 9.90. The highest BCUT2D eigenvalue weighted by molar-refractivity contribution is 7.98. The molecule has 0 aromatic heterocycles. The summed E-state index contributed by atoms with van der Waals surface area (Å²) in [4.78, 5) is 25.2. The highest BCUT2D eigenvalue weighted by atomic mass is 32.2. The van der Waals surface area contributed by atoms with Crippen molar-refractivity contribution in [1.29, 1.82) is 0 Å². The van der Waals surface area contributed by atoms with Gasteiger partial charge in [0.2, 0.25) is 11.8 Å². The fourth-order valence-corrected chi connectivity index (χ4v) is 3.10. The van der Waals surface area contributed by atoms with Crippen molar-refractivity contribution in [1.82, 2.24) is 0 Å². The normalized spacial score (nSPS) is 14.4. The van der Waals surface area contributed by atoms with Gasteiger partial charge in [-0.2, -0.15) is 0 Å². The number of hydrogen-bond donors (Lipinski definition) is 3. The van der Waals surface area contributed by atoms with Gasteiger partial charge in [-0.25, -0.2) is 0 Å². The molecule has 0 spiro atoms. The summed E-state index contributed by atoms with van der Waals surface area (Å²) in [7, 11) is 0. The molecule has 5 nitrogen and oxygen atoms in total. The van der Waals surface area contributed by atoms with E-state index < -0.39 is 6.04 Å². The summed E-state index contributed by atoms with van der Waals surface area (Å²) >= 11 is 1.60. The van der Waals surface area contributed by atoms with Crippen LogP contribution in [-0.4, -0.2) is 24.1 Å². The topological polar surface area (TPSA) is 70.2 Å². The van der Waals surface area contributed by atoms with Crippen molar-refractivity contribution >= 4 is 40.6 Å². The zero-order valence-electron chi connectivity index (χ0n) is 14.9. The molecule has 2 aromatic carbocycles. The first kappa shape index (κ1) is 18.3. The van der Waals surface area contributed by atoms with E-state index in [1.807, 2.05) is 61.7 Å². The van der Waals surface area contributed by atoms with Crippen molar-refractivity contribution < 1.29 is 9.59 Å². The third-order valence-electron chi connectivity index (χ3n) is 4.24. The number of rotatable bonds is 7. The Morgan fingerprint density at radius 3 is 2.31 bits per heavy atom. The number of carbonyl (C=O) groups is 2. The van der Waals surface area contributed by atoms with E-state index in [0.717, 1.165) is 34.8 Å². The predicted octanol–water partition coefficient (Wildman–Crippen LogP) is 4.20. The van der Waals surface area contributed by atoms with Crippen molar-refractivity contribution in [3.63, 3.8) is 0 Å². The Balaban J connectivity index is 1.55. The molecule has 0 aliphatic heterocycles. The first-order valence-electron chi connectivity index (χ1n) is 8.68. The molecular formula is C20H23N3O2S. The van der Waals surface area contributed by atoms with E-state index in [2.05, 4.69) is 16.0 Å². The van der Waals surface area contributed by atoms with Gasteiger partial charge in [0, 0.05) is 22.2 Å². The van der Waals surface area contributed by atoms with Gasteiger partial charge in [0.25, 0.3) is 0 Å². The zero-order chi connectivity index (χ0) is 18.5. The monoisotopic (exact) mass is 369 g/mol. The van der Waals surface area contributed by atoms with Crippen LogP contribution in [0.15, 0.2) is 53.4 Å². The van der Waals surface area contributed by atoms with Crippen LogP contribution >= 0.6 is 11.8 Å². The van der Waals surface area contributed by atoms with Crippen molar-refractivity contribution in [3.8, 4) is 0 Å². The zero-order valence-corrected chi connectivity index (χ0v) is 15.7. The molecule has 0 bridgehead atoms. The van der Waals surface area contributed by atoms with Gasteiger partial charge in [-0.05, 0) is 62.4 Å². The average molecular weight is 369 g/mol. The molecule has 2 aromatic rings. The van der Waals surface area contributed by atoms with E-state index in [-0.39, 0.29) is 17.7 Å². The summed E-state index contributed by atoms with van der Waals surface area (Å²) in [5, 5.41) is 9.05. The lowest BCUT2D eigenvalue weighted by Gasteiger charge is -2.17. The molecule has 26 heavy (non-hydrogen) atoms. The molecule has 1 saturated carbocycles. The molecule has 1 atom stereocenters. The molecule has 1 aliphatic carbocycles. The molecule has 1 aliphatic rings. The van der Waals surface area contributed by atoms with Gasteiger partial charge in [-0.15, -0.1) is 11.8 Å². The molecule has 0 unspecified atom stereocenters. The molecule has 136 valence electrons. The second-order valence-corrected chi connectivity index (χ2v) is 7.24. The Bertz CT molecular complexity index is 788. The van der Waals surface area contributed by atoms with Crippen molar-refractivity contribution in [2.24, 2.45) is 5.92 Å². The highest BCUT2D eigenvalue weighted by Gasteiger charge is 2.29. The van der Waals surface area contributed by atoms with Crippen LogP contribution in [0.3, 0.4) is 0 Å². The number of nitrogens with one attached hydrogen (secondary N) is 3. The number of amides is 2. The number of carbonyl (C=O) groups excluding carboxylic acids is 2. The summed E-state index contributed by atoms with van der Waals surface area (Å²) < 4.78 is 0. The molecule has 2 amide bonds. The summed E-state index contributed by atoms with van der Waals surface area (Å²) in [5.74, 6) is 0.171. The summed E-state index contributed by atoms with van der Waals surface area (Å²) in [6.45, 7) is 1.82. The van der Waals surface area contributed by atoms with Gasteiger partial charge in [-0.3, -0.25) is 9.59 Å². The Morgan fingerprint density at radius 1 is 1.00 bits per heavy atom. The predicted molar refractivity (Wildman–Crippen MR) is 108 cm³/mol. The Labute approximate surface area is 157 Å². The molecule has 3 N–H and O–H groups in total. The fraction of sp³-hybridized carbons (Fsp3) is 0.300. The minimum absolute atomic E-state index is 0.0888. The minimum Gasteiger partial charge on any atom is -0.374 e. The molecule has 0 radical (unpaired) electrons. The van der Waals surface area contributed by atoms with Crippen LogP contribution in [0.25, 0.3) is 0 Å². The Kier molecular flexibility index (Phi) is 5.83. The largest absolute Gasteiger partial charge is 0.374 e. The van der Waals surface area contributed by atoms with Gasteiger partial charge in [0.05, 0.1) is 5.69 Å². The second-order valence-electron chi connectivity index (χ2n) is 6.40. The molecule has 3 rings (SSSR count). The van der Waals surface area contributed by atoms with Crippen LogP contribution in [0, 0.1) is 5.92 Å². The van der Waals surface area contributed by atoms with Crippen LogP contribution in [-0.2, 0) is 9.59 Å². The van der Waals surface area contributed by atoms with Gasteiger partial charge in [0.15, 0.2) is 0 Å². The van der Waals surface area contributed by atoms with E-state index >= 15 is 0 Å². The maximum absolute atomic E-state index is 12.4. The van der Waals surface area contributed by atoms with E-state index in [1.165, 1.54) is 0 Å². The van der Waals surface area contributed by atoms with Crippen LogP contribution in [0.4, 0.5) is 17.1 Å². The van der Waals surface area contributed by atoms with Crippen LogP contribution in [0.2, 0.25) is 0 Å². The number of thioether (sulfide) groups is 1. The molecular weight excluding hydrogens is 346 g/mol. The molecule has 0 heterocycles. The van der Waals surface area contributed by atoms with Crippen molar-refractivity contribution in [2.45, 2.75) is 30.7 Å². The molecule has 6 heteroatoms. The fourth-order valence-electron chi connectivity index (χ4n) is 2.54. The van der Waals surface area contributed by atoms with E-state index in [1.54, 1.807) is 11.8 Å². The van der Waals surface area contributed by atoms with E-state index in [0.29, 0.717) is 0 Å². The van der Waals surface area contributed by atoms with Crippen molar-refractivity contribution in [3.05, 3.63) is 48.5 Å². The van der Waals surface area contributed by atoms with Gasteiger partial charge in [0.1, 0.15) is 6.04 Å². The first-order chi connectivity index (χ1) is 12.6. The average Bonchev–Trinajstić information content (AvgIpc) is 3.49. The summed E-state index contributed by atoms with van der Waals surface area (Å²) in [6, 6.07) is 14.8. The van der Waals surface area contributed by atoms with Gasteiger partial charge in [-0.1, -0.05) is 12.1 Å². The van der Waals surface area contributed by atoms with Crippen LogP contribution < -0.4 is 16.0 Å². The lowest BCUT2D eigenvalue weighted by molar-refractivity contribution is -0.117. The quantitative estimate of drug-likeness (QED) is 0.640. The Hall–Kier alpha value is -2.47. The summed E-state index contributed by atoms with van der Waals surface area (Å²) in [6.07, 6.45) is 3.95. The van der Waals surface area contributed by atoms with Crippen molar-refractivity contribution in [2.75, 3.05) is 22.2 Å². The standard InChI is InChI=1S/C20H23N3O2S/c1-13(19(24)23-17-5-3-4-6-18(17)26-2)21-15-9-11-16(12-10-15)22-20(25)14-7-8-14/h3-6,9-14,21H,7-8H2,1-2H3,(H,22,25)(H,23,24)/t13-/m0/s1. The molecule has 0 saturated heterocycles. The summed E-state index contributed by atoms with van der Waals surface area (Å²) in [5.41, 5.74) is 2.42. The van der Waals surface area contributed by atoms with Gasteiger partial charge < -0.3 is 16.0 Å². The number of hydrogen-bond acceptors (Lipinski definition) is 4. The maximum Gasteiger partial charge on any atom is 0.246 e. The number of anilines is 3. The van der Waals surface area contributed by atoms with E-state index in [9.17, 15) is 9.59 Å². The smallest absolute Gasteiger partial charge is 0.246 e. The number of para-hydroxylation sites is 1. The highest BCUT2D eigenvalue weighted by Crippen LogP contribution is 2.30. The van der Waals surface area contributed by atoms with Crippen LogP contribution in [0.1, 0.15) is 19.8 Å². The third-order valence-corrected chi connectivity index (χ3v) is 5.04. The van der Waals surface area contributed by atoms with Gasteiger partial charge >= 0.3 is 0 Å². The van der Waals surface area contributed by atoms with Crippen LogP contribution in [0.5, 0.6) is 0 Å². The SMILES string of the molecule is CSc1ccccc1NC(=O)[C@H](C)Nc1ccc(NC(=O)C2CC2)cc1. The molecule has 1 fully saturated rings. The third kappa shape index (κ3) is 4.79. The number of benzene rings is 2. The lowest BCUT2D eigenvalue weighted by Crippen LogP contribution is -2.32. The minimum atomic E-state index is -0.392. The maximum atomic E-state index is 12.4. The Morgan fingerprint density at radius 2 is 1.65 bits per heavy atom.